The number of imidazole rings is 1. The predicted octanol–water partition coefficient (Wildman–Crippen LogP) is 5.45. The molecule has 4 aromatic rings. The molecule has 0 radical (unpaired) electrons. The number of aromatic nitrogens is 4. The fourth-order valence-electron chi connectivity index (χ4n) is 4.68. The summed E-state index contributed by atoms with van der Waals surface area (Å²) < 4.78 is 48.8. The molecule has 1 aliphatic heterocycles. The third kappa shape index (κ3) is 5.87. The number of hydrogen-bond donors (Lipinski definition) is 1. The van der Waals surface area contributed by atoms with E-state index in [9.17, 15) is 18.0 Å². The molecular formula is C28H27F3N6O2. The Balaban J connectivity index is 1.39. The lowest BCUT2D eigenvalue weighted by Gasteiger charge is -2.18. The van der Waals surface area contributed by atoms with E-state index in [1.807, 2.05) is 28.8 Å². The lowest BCUT2D eigenvalue weighted by atomic mass is 10.0. The molecule has 1 N–H and O–H groups in total. The average Bonchev–Trinajstić information content (AvgIpc) is 3.67. The summed E-state index contributed by atoms with van der Waals surface area (Å²) in [6.45, 7) is 1.44. The number of hydrogen-bond acceptors (Lipinski definition) is 6. The number of amides is 1. The molecule has 3 heterocycles. The van der Waals surface area contributed by atoms with Gasteiger partial charge in [-0.05, 0) is 55.5 Å². The molecule has 0 spiro atoms. The second-order valence-electron chi connectivity index (χ2n) is 9.19. The van der Waals surface area contributed by atoms with Gasteiger partial charge in [-0.15, -0.1) is 0 Å². The van der Waals surface area contributed by atoms with E-state index in [1.54, 1.807) is 41.8 Å². The molecule has 1 fully saturated rings. The van der Waals surface area contributed by atoms with Gasteiger partial charge < -0.3 is 19.5 Å². The summed E-state index contributed by atoms with van der Waals surface area (Å²) in [5.41, 5.74) is 1.60. The van der Waals surface area contributed by atoms with Gasteiger partial charge in [-0.1, -0.05) is 18.2 Å². The number of ether oxygens (including phenoxy) is 1. The molecule has 2 aromatic heterocycles. The van der Waals surface area contributed by atoms with Gasteiger partial charge in [0.1, 0.15) is 5.75 Å². The number of methoxy groups -OCH3 is 1. The van der Waals surface area contributed by atoms with Gasteiger partial charge in [0, 0.05) is 42.9 Å². The molecule has 0 unspecified atom stereocenters. The zero-order valence-corrected chi connectivity index (χ0v) is 21.3. The first-order valence-corrected chi connectivity index (χ1v) is 12.6. The summed E-state index contributed by atoms with van der Waals surface area (Å²) in [7, 11) is 1.46. The molecule has 0 aliphatic carbocycles. The number of carbonyl (C=O) groups is 1. The number of rotatable bonds is 8. The van der Waals surface area contributed by atoms with Crippen LogP contribution in [0.15, 0.2) is 67.4 Å². The Labute approximate surface area is 223 Å². The molecule has 11 heteroatoms. The number of aryl methyl sites for hydroxylation is 2. The Hall–Kier alpha value is -4.41. The van der Waals surface area contributed by atoms with Crippen molar-refractivity contribution in [2.24, 2.45) is 0 Å². The van der Waals surface area contributed by atoms with E-state index in [0.29, 0.717) is 23.4 Å². The normalized spacial score (nSPS) is 13.5. The Bertz CT molecular complexity index is 1450. The third-order valence-corrected chi connectivity index (χ3v) is 6.67. The first-order chi connectivity index (χ1) is 18.8. The number of halogens is 3. The van der Waals surface area contributed by atoms with E-state index >= 15 is 0 Å². The van der Waals surface area contributed by atoms with Crippen molar-refractivity contribution in [3.8, 4) is 11.4 Å². The molecule has 0 bridgehead atoms. The molecule has 0 atom stereocenters. The quantitative estimate of drug-likeness (QED) is 0.322. The van der Waals surface area contributed by atoms with Gasteiger partial charge in [-0.2, -0.15) is 13.2 Å². The van der Waals surface area contributed by atoms with Crippen LogP contribution in [0.4, 0.5) is 24.8 Å². The van der Waals surface area contributed by atoms with Crippen LogP contribution in [0.3, 0.4) is 0 Å². The largest absolute Gasteiger partial charge is 0.495 e. The Morgan fingerprint density at radius 2 is 1.90 bits per heavy atom. The average molecular weight is 537 g/mol. The number of alkyl halides is 3. The number of nitrogens with zero attached hydrogens (tertiary/aromatic N) is 5. The molecule has 0 saturated carbocycles. The highest BCUT2D eigenvalue weighted by Crippen LogP contribution is 2.34. The van der Waals surface area contributed by atoms with Gasteiger partial charge in [-0.25, -0.2) is 15.0 Å². The maximum absolute atomic E-state index is 13.8. The Kier molecular flexibility index (Phi) is 7.49. The number of para-hydroxylation sites is 1. The summed E-state index contributed by atoms with van der Waals surface area (Å²) >= 11 is 0. The van der Waals surface area contributed by atoms with Crippen LogP contribution in [-0.4, -0.2) is 50.5 Å². The van der Waals surface area contributed by atoms with Crippen molar-refractivity contribution in [3.63, 3.8) is 0 Å². The highest BCUT2D eigenvalue weighted by atomic mass is 19.4. The maximum Gasteiger partial charge on any atom is 0.419 e. The van der Waals surface area contributed by atoms with Crippen LogP contribution in [0, 0.1) is 0 Å². The Morgan fingerprint density at radius 1 is 1.10 bits per heavy atom. The minimum Gasteiger partial charge on any atom is -0.495 e. The molecule has 1 aliphatic rings. The summed E-state index contributed by atoms with van der Waals surface area (Å²) in [6, 6.07) is 12.4. The first kappa shape index (κ1) is 26.2. The van der Waals surface area contributed by atoms with Crippen molar-refractivity contribution in [3.05, 3.63) is 89.8 Å². The summed E-state index contributed by atoms with van der Waals surface area (Å²) in [5, 5.41) is 2.96. The standard InChI is InChI=1S/C28H27F3N6O2/c1-39-25-16-20(26(38)36-13-4-5-14-36)9-11-23(25)35-27-33-17-21(28(29,30)31)22(34-27)10-8-19-6-2-3-7-24(19)37-15-12-32-18-37/h2-3,6-7,9,11-12,15-18H,4-5,8,10,13-14H2,1H3,(H,33,34,35). The van der Waals surface area contributed by atoms with Crippen molar-refractivity contribution >= 4 is 17.5 Å². The van der Waals surface area contributed by atoms with Crippen LogP contribution < -0.4 is 10.1 Å². The monoisotopic (exact) mass is 536 g/mol. The van der Waals surface area contributed by atoms with Crippen LogP contribution in [0.2, 0.25) is 0 Å². The van der Waals surface area contributed by atoms with Crippen molar-refractivity contribution in [1.29, 1.82) is 0 Å². The molecule has 1 saturated heterocycles. The molecule has 5 rings (SSSR count). The van der Waals surface area contributed by atoms with E-state index in [2.05, 4.69) is 20.3 Å². The van der Waals surface area contributed by atoms with Gasteiger partial charge in [0.05, 0.1) is 30.4 Å². The minimum atomic E-state index is -4.60. The first-order valence-electron chi connectivity index (χ1n) is 12.6. The van der Waals surface area contributed by atoms with Crippen LogP contribution >= 0.6 is 0 Å². The van der Waals surface area contributed by atoms with E-state index in [1.165, 1.54) is 7.11 Å². The zero-order valence-electron chi connectivity index (χ0n) is 21.3. The highest BCUT2D eigenvalue weighted by molar-refractivity contribution is 5.95. The topological polar surface area (TPSA) is 85.2 Å². The highest BCUT2D eigenvalue weighted by Gasteiger charge is 2.35. The number of anilines is 2. The van der Waals surface area contributed by atoms with E-state index in [4.69, 9.17) is 4.74 Å². The lowest BCUT2D eigenvalue weighted by molar-refractivity contribution is -0.138. The maximum atomic E-state index is 13.8. The van der Waals surface area contributed by atoms with Gasteiger partial charge in [0.2, 0.25) is 5.95 Å². The van der Waals surface area contributed by atoms with E-state index < -0.39 is 11.7 Å². The van der Waals surface area contributed by atoms with Crippen LogP contribution in [0.5, 0.6) is 5.75 Å². The number of nitrogens with one attached hydrogen (secondary N) is 1. The molecule has 2 aromatic carbocycles. The summed E-state index contributed by atoms with van der Waals surface area (Å²) in [5.74, 6) is 0.276. The predicted molar refractivity (Wildman–Crippen MR) is 139 cm³/mol. The molecule has 39 heavy (non-hydrogen) atoms. The summed E-state index contributed by atoms with van der Waals surface area (Å²) in [6.07, 6.45) is 3.58. The van der Waals surface area contributed by atoms with Crippen molar-refractivity contribution in [2.45, 2.75) is 31.9 Å². The number of likely N-dealkylation sites (tertiary alicyclic amines) is 1. The molecule has 202 valence electrons. The second-order valence-corrected chi connectivity index (χ2v) is 9.19. The minimum absolute atomic E-state index is 0.00202. The van der Waals surface area contributed by atoms with Gasteiger partial charge in [0.25, 0.3) is 5.91 Å². The molecule has 1 amide bonds. The van der Waals surface area contributed by atoms with Crippen LogP contribution in [0.1, 0.15) is 40.0 Å². The third-order valence-electron chi connectivity index (χ3n) is 6.67. The van der Waals surface area contributed by atoms with Crippen molar-refractivity contribution in [1.82, 2.24) is 24.4 Å². The smallest absolute Gasteiger partial charge is 0.419 e. The van der Waals surface area contributed by atoms with Crippen LogP contribution in [0.25, 0.3) is 5.69 Å². The molecule has 8 nitrogen and oxygen atoms in total. The van der Waals surface area contributed by atoms with Gasteiger partial charge in [0.15, 0.2) is 0 Å². The number of carbonyl (C=O) groups excluding carboxylic acids is 1. The fourth-order valence-corrected chi connectivity index (χ4v) is 4.68. The fraction of sp³-hybridized carbons (Fsp3) is 0.286. The van der Waals surface area contributed by atoms with Crippen molar-refractivity contribution in [2.75, 3.05) is 25.5 Å². The second kappa shape index (κ2) is 11.1. The van der Waals surface area contributed by atoms with Crippen molar-refractivity contribution < 1.29 is 22.7 Å². The molecular weight excluding hydrogens is 509 g/mol. The van der Waals surface area contributed by atoms with E-state index in [0.717, 1.165) is 43.4 Å². The number of benzene rings is 2. The van der Waals surface area contributed by atoms with E-state index in [-0.39, 0.29) is 24.0 Å². The van der Waals surface area contributed by atoms with Crippen LogP contribution in [-0.2, 0) is 19.0 Å². The van der Waals surface area contributed by atoms with Gasteiger partial charge in [-0.3, -0.25) is 4.79 Å². The Morgan fingerprint density at radius 3 is 2.62 bits per heavy atom. The lowest BCUT2D eigenvalue weighted by Crippen LogP contribution is -2.27. The van der Waals surface area contributed by atoms with Gasteiger partial charge >= 0.3 is 6.18 Å². The summed E-state index contributed by atoms with van der Waals surface area (Å²) in [4.78, 5) is 26.8. The zero-order chi connectivity index (χ0) is 27.4. The SMILES string of the molecule is COc1cc(C(=O)N2CCCC2)ccc1Nc1ncc(C(F)(F)F)c(CCc2ccccc2-n2ccnc2)n1.